The first-order chi connectivity index (χ1) is 14.2. The summed E-state index contributed by atoms with van der Waals surface area (Å²) >= 11 is 5.34. The van der Waals surface area contributed by atoms with Crippen LogP contribution in [0, 0.1) is 0 Å². The van der Waals surface area contributed by atoms with E-state index in [1.54, 1.807) is 18.4 Å². The Balaban J connectivity index is 1.39. The molecule has 2 aromatic heterocycles. The summed E-state index contributed by atoms with van der Waals surface area (Å²) in [4.78, 5) is 9.33. The van der Waals surface area contributed by atoms with E-state index in [0.717, 1.165) is 38.4 Å². The van der Waals surface area contributed by atoms with Gasteiger partial charge in [0.2, 0.25) is 0 Å². The Bertz CT molecular complexity index is 1160. The van der Waals surface area contributed by atoms with Crippen LogP contribution in [0.1, 0.15) is 37.7 Å². The Morgan fingerprint density at radius 3 is 2.86 bits per heavy atom. The molecule has 2 aromatic carbocycles. The Labute approximate surface area is 182 Å². The van der Waals surface area contributed by atoms with Gasteiger partial charge in [0, 0.05) is 18.7 Å². The van der Waals surface area contributed by atoms with Gasteiger partial charge in [0.05, 0.1) is 39.2 Å². The van der Waals surface area contributed by atoms with Gasteiger partial charge in [-0.15, -0.1) is 0 Å². The molecule has 0 bridgehead atoms. The number of hydrogen-bond acceptors (Lipinski definition) is 5. The van der Waals surface area contributed by atoms with Gasteiger partial charge in [-0.25, -0.2) is 9.97 Å². The lowest BCUT2D eigenvalue weighted by molar-refractivity contribution is 0.412. The van der Waals surface area contributed by atoms with Crippen LogP contribution < -0.4 is 10.1 Å². The van der Waals surface area contributed by atoms with Gasteiger partial charge in [-0.1, -0.05) is 36.7 Å². The molecule has 1 N–H and O–H groups in total. The zero-order valence-corrected chi connectivity index (χ0v) is 18.7. The van der Waals surface area contributed by atoms with Gasteiger partial charge in [0.15, 0.2) is 5.13 Å². The maximum atomic E-state index is 5.38. The molecule has 0 unspecified atom stereocenters. The Morgan fingerprint density at radius 2 is 2.03 bits per heavy atom. The van der Waals surface area contributed by atoms with E-state index < -0.39 is 0 Å². The Hall–Kier alpha value is -2.12. The van der Waals surface area contributed by atoms with Gasteiger partial charge in [0.25, 0.3) is 0 Å². The van der Waals surface area contributed by atoms with E-state index in [1.165, 1.54) is 42.4 Å². The van der Waals surface area contributed by atoms with Crippen LogP contribution in [-0.4, -0.2) is 27.7 Å². The number of methoxy groups -OCH3 is 1. The first kappa shape index (κ1) is 18.9. The second kappa shape index (κ2) is 7.95. The number of ether oxygens (including phenoxy) is 1. The van der Waals surface area contributed by atoms with Gasteiger partial charge in [-0.3, -0.25) is 0 Å². The summed E-state index contributed by atoms with van der Waals surface area (Å²) < 4.78 is 9.71. The second-order valence-electron chi connectivity index (χ2n) is 7.65. The molecule has 0 radical (unpaired) electrons. The summed E-state index contributed by atoms with van der Waals surface area (Å²) in [7, 11) is 1.67. The Morgan fingerprint density at radius 1 is 1.17 bits per heavy atom. The lowest BCUT2D eigenvalue weighted by Gasteiger charge is -2.22. The number of anilines is 1. The van der Waals surface area contributed by atoms with Crippen LogP contribution in [-0.2, 0) is 6.54 Å². The molecule has 4 aromatic rings. The normalized spacial score (nSPS) is 15.2. The van der Waals surface area contributed by atoms with Gasteiger partial charge < -0.3 is 14.6 Å². The minimum atomic E-state index is 0.580. The summed E-state index contributed by atoms with van der Waals surface area (Å²) in [6.07, 6.45) is 8.43. The lowest BCUT2D eigenvalue weighted by Crippen LogP contribution is -2.21. The van der Waals surface area contributed by atoms with E-state index in [0.29, 0.717) is 6.04 Å². The van der Waals surface area contributed by atoms with Crippen LogP contribution in [0.2, 0.25) is 0 Å². The van der Waals surface area contributed by atoms with Crippen molar-refractivity contribution in [1.82, 2.24) is 14.5 Å². The molecule has 0 amide bonds. The molecule has 29 heavy (non-hydrogen) atoms. The molecule has 1 aliphatic rings. The van der Waals surface area contributed by atoms with Crippen LogP contribution in [0.15, 0.2) is 41.1 Å². The molecular weight excluding hydrogens is 448 g/mol. The predicted molar refractivity (Wildman–Crippen MR) is 123 cm³/mol. The molecule has 7 heteroatoms. The predicted octanol–water partition coefficient (Wildman–Crippen LogP) is 6.21. The number of aromatic nitrogens is 3. The van der Waals surface area contributed by atoms with Crippen LogP contribution in [0.5, 0.6) is 5.75 Å². The number of nitrogens with one attached hydrogen (secondary N) is 1. The van der Waals surface area contributed by atoms with E-state index >= 15 is 0 Å². The summed E-state index contributed by atoms with van der Waals surface area (Å²) in [5.41, 5.74) is 4.33. The van der Waals surface area contributed by atoms with Crippen molar-refractivity contribution in [3.63, 3.8) is 0 Å². The zero-order chi connectivity index (χ0) is 19.8. The first-order valence-corrected chi connectivity index (χ1v) is 11.6. The highest BCUT2D eigenvalue weighted by atomic mass is 79.9. The van der Waals surface area contributed by atoms with Crippen LogP contribution in [0.25, 0.3) is 21.3 Å². The van der Waals surface area contributed by atoms with Gasteiger partial charge in [-0.2, -0.15) is 0 Å². The van der Waals surface area contributed by atoms with E-state index in [2.05, 4.69) is 55.1 Å². The maximum absolute atomic E-state index is 5.38. The van der Waals surface area contributed by atoms with Gasteiger partial charge >= 0.3 is 0 Å². The number of nitrogens with zero attached hydrogens (tertiary/aromatic N) is 3. The SMILES string of the molecule is COc1cc2ncn(Cc3ccc4nc(NC5CCCCC5)sc4c3)c2cc1Br. The van der Waals surface area contributed by atoms with E-state index in [-0.39, 0.29) is 0 Å². The van der Waals surface area contributed by atoms with E-state index in [9.17, 15) is 0 Å². The van der Waals surface area contributed by atoms with Crippen molar-refractivity contribution < 1.29 is 4.74 Å². The van der Waals surface area contributed by atoms with Crippen LogP contribution in [0.4, 0.5) is 5.13 Å². The molecule has 5 nitrogen and oxygen atoms in total. The standard InChI is InChI=1S/C22H23BrN4OS/c1-28-20-11-18-19(10-16(20)23)27(13-24-18)12-14-7-8-17-21(9-14)29-22(26-17)25-15-5-3-2-4-6-15/h7-11,13,15H,2-6,12H2,1H3,(H,25,26). The van der Waals surface area contributed by atoms with Gasteiger partial charge in [-0.05, 0) is 52.5 Å². The van der Waals surface area contributed by atoms with Crippen LogP contribution in [0.3, 0.4) is 0 Å². The number of fused-ring (bicyclic) bond motifs is 2. The number of hydrogen-bond donors (Lipinski definition) is 1. The molecule has 0 spiro atoms. The Kier molecular flexibility index (Phi) is 5.18. The first-order valence-electron chi connectivity index (χ1n) is 10.0. The zero-order valence-electron chi connectivity index (χ0n) is 16.3. The number of imidazole rings is 1. The van der Waals surface area contributed by atoms with Crippen molar-refractivity contribution in [2.24, 2.45) is 0 Å². The van der Waals surface area contributed by atoms with Crippen molar-refractivity contribution in [1.29, 1.82) is 0 Å². The fraction of sp³-hybridized carbons (Fsp3) is 0.364. The van der Waals surface area contributed by atoms with Crippen molar-refractivity contribution in [3.8, 4) is 5.75 Å². The molecular formula is C22H23BrN4OS. The van der Waals surface area contributed by atoms with Gasteiger partial charge in [0.1, 0.15) is 5.75 Å². The second-order valence-corrected chi connectivity index (χ2v) is 9.53. The minimum Gasteiger partial charge on any atom is -0.495 e. The molecule has 0 saturated heterocycles. The average Bonchev–Trinajstić information content (AvgIpc) is 3.31. The molecule has 2 heterocycles. The van der Waals surface area contributed by atoms with E-state index in [1.807, 2.05) is 12.4 Å². The van der Waals surface area contributed by atoms with E-state index in [4.69, 9.17) is 9.72 Å². The summed E-state index contributed by atoms with van der Waals surface area (Å²) in [6.45, 7) is 0.772. The van der Waals surface area contributed by atoms with Crippen molar-refractivity contribution in [3.05, 3.63) is 46.7 Å². The topological polar surface area (TPSA) is 52.0 Å². The molecule has 0 atom stereocenters. The third-order valence-corrected chi connectivity index (χ3v) is 7.20. The third kappa shape index (κ3) is 3.85. The minimum absolute atomic E-state index is 0.580. The van der Waals surface area contributed by atoms with Crippen molar-refractivity contribution in [2.75, 3.05) is 12.4 Å². The summed E-state index contributed by atoms with van der Waals surface area (Å²) in [5.74, 6) is 0.798. The smallest absolute Gasteiger partial charge is 0.184 e. The monoisotopic (exact) mass is 470 g/mol. The molecule has 150 valence electrons. The van der Waals surface area contributed by atoms with Crippen molar-refractivity contribution in [2.45, 2.75) is 44.7 Å². The number of thiazole rings is 1. The highest BCUT2D eigenvalue weighted by Gasteiger charge is 2.15. The maximum Gasteiger partial charge on any atom is 0.184 e. The summed E-state index contributed by atoms with van der Waals surface area (Å²) in [5, 5.41) is 4.70. The lowest BCUT2D eigenvalue weighted by atomic mass is 9.96. The van der Waals surface area contributed by atoms with Crippen LogP contribution >= 0.6 is 27.3 Å². The highest BCUT2D eigenvalue weighted by molar-refractivity contribution is 9.10. The highest BCUT2D eigenvalue weighted by Crippen LogP contribution is 2.32. The summed E-state index contributed by atoms with van der Waals surface area (Å²) in [6, 6.07) is 11.2. The number of benzene rings is 2. The van der Waals surface area contributed by atoms with Crippen molar-refractivity contribution >= 4 is 53.6 Å². The number of rotatable bonds is 5. The average molecular weight is 471 g/mol. The quantitative estimate of drug-likeness (QED) is 0.376. The fourth-order valence-electron chi connectivity index (χ4n) is 4.09. The fourth-order valence-corrected chi connectivity index (χ4v) is 5.59. The molecule has 0 aliphatic heterocycles. The molecule has 5 rings (SSSR count). The third-order valence-electron chi connectivity index (χ3n) is 5.63. The number of halogens is 1. The molecule has 1 fully saturated rings. The molecule has 1 aliphatic carbocycles. The molecule has 1 saturated carbocycles. The largest absolute Gasteiger partial charge is 0.495 e.